The fraction of sp³-hybridized carbons (Fsp3) is 0.800. The summed E-state index contributed by atoms with van der Waals surface area (Å²) >= 11 is 0. The molecule has 0 amide bonds. The molecule has 0 aromatic carbocycles. The third-order valence-electron chi connectivity index (χ3n) is 1.87. The Labute approximate surface area is 82.5 Å². The molecule has 0 saturated carbocycles. The highest BCUT2D eigenvalue weighted by atomic mass is 31.1. The van der Waals surface area contributed by atoms with Crippen LogP contribution in [0.15, 0.2) is 0 Å². The second kappa shape index (κ2) is 8.25. The molecule has 1 atom stereocenters. The molecule has 0 heterocycles. The van der Waals surface area contributed by atoms with E-state index in [2.05, 4.69) is 13.2 Å². The fourth-order valence-electron chi connectivity index (χ4n) is 0.991. The first-order valence-electron chi connectivity index (χ1n) is 4.88. The zero-order chi connectivity index (χ0) is 10.1. The summed E-state index contributed by atoms with van der Waals surface area (Å²) in [6.07, 6.45) is 7.78. The lowest BCUT2D eigenvalue weighted by molar-refractivity contribution is -0.143. The van der Waals surface area contributed by atoms with Crippen molar-refractivity contribution in [3.05, 3.63) is 0 Å². The molecule has 0 fully saturated rings. The van der Waals surface area contributed by atoms with E-state index in [1.807, 2.05) is 6.92 Å². The van der Waals surface area contributed by atoms with Crippen molar-refractivity contribution in [3.63, 3.8) is 0 Å². The summed E-state index contributed by atoms with van der Waals surface area (Å²) in [5, 5.41) is 0. The minimum atomic E-state index is -0.0877. The predicted molar refractivity (Wildman–Crippen MR) is 58.6 cm³/mol. The van der Waals surface area contributed by atoms with Gasteiger partial charge in [-0.1, -0.05) is 41.2 Å². The van der Waals surface area contributed by atoms with E-state index >= 15 is 0 Å². The SMILES string of the molecule is C=PC(CC)C(=O)OCCCCC. The first-order valence-corrected chi connectivity index (χ1v) is 6.03. The molecule has 76 valence electrons. The van der Waals surface area contributed by atoms with Crippen LogP contribution in [-0.4, -0.2) is 24.5 Å². The highest BCUT2D eigenvalue weighted by molar-refractivity contribution is 7.38. The Hall–Kier alpha value is -0.360. The third-order valence-corrected chi connectivity index (χ3v) is 2.89. The Morgan fingerprint density at radius 2 is 2.15 bits per heavy atom. The van der Waals surface area contributed by atoms with Crippen molar-refractivity contribution in [1.82, 2.24) is 0 Å². The maximum Gasteiger partial charge on any atom is 0.317 e. The van der Waals surface area contributed by atoms with Crippen molar-refractivity contribution in [2.75, 3.05) is 6.61 Å². The van der Waals surface area contributed by atoms with Gasteiger partial charge >= 0.3 is 5.97 Å². The van der Waals surface area contributed by atoms with Crippen molar-refractivity contribution in [2.24, 2.45) is 0 Å². The minimum Gasteiger partial charge on any atom is -0.465 e. The smallest absolute Gasteiger partial charge is 0.317 e. The first kappa shape index (κ1) is 12.6. The van der Waals surface area contributed by atoms with Crippen molar-refractivity contribution >= 4 is 20.5 Å². The Kier molecular flexibility index (Phi) is 8.02. The van der Waals surface area contributed by atoms with E-state index < -0.39 is 0 Å². The van der Waals surface area contributed by atoms with Crippen molar-refractivity contribution in [2.45, 2.75) is 45.2 Å². The molecule has 0 aromatic heterocycles. The average Bonchev–Trinajstić information content (AvgIpc) is 2.14. The molecule has 0 aliphatic rings. The number of carbonyl (C=O) groups is 1. The van der Waals surface area contributed by atoms with Crippen molar-refractivity contribution in [3.8, 4) is 0 Å². The lowest BCUT2D eigenvalue weighted by atomic mass is 10.3. The normalized spacial score (nSPS) is 12.8. The zero-order valence-corrected chi connectivity index (χ0v) is 9.48. The van der Waals surface area contributed by atoms with Gasteiger partial charge in [-0.05, 0) is 12.8 Å². The van der Waals surface area contributed by atoms with E-state index in [9.17, 15) is 4.79 Å². The Bertz CT molecular complexity index is 157. The van der Waals surface area contributed by atoms with Gasteiger partial charge in [0.1, 0.15) is 0 Å². The fourth-order valence-corrected chi connectivity index (χ4v) is 1.47. The monoisotopic (exact) mass is 202 g/mol. The van der Waals surface area contributed by atoms with Crippen LogP contribution in [0.1, 0.15) is 39.5 Å². The summed E-state index contributed by atoms with van der Waals surface area (Å²) in [6.45, 7) is 4.68. The number of esters is 1. The topological polar surface area (TPSA) is 26.3 Å². The molecule has 0 aromatic rings. The summed E-state index contributed by atoms with van der Waals surface area (Å²) in [6, 6.07) is 0. The van der Waals surface area contributed by atoms with E-state index in [0.717, 1.165) is 33.9 Å². The Morgan fingerprint density at radius 3 is 2.62 bits per heavy atom. The van der Waals surface area contributed by atoms with Crippen LogP contribution in [0.25, 0.3) is 0 Å². The standard InChI is InChI=1S/C10H19O2P/c1-4-6-7-8-12-10(11)9(5-2)13-3/h9H,3-8H2,1-2H3. The van der Waals surface area contributed by atoms with Gasteiger partial charge < -0.3 is 4.74 Å². The molecule has 0 rings (SSSR count). The van der Waals surface area contributed by atoms with Crippen LogP contribution in [0.3, 0.4) is 0 Å². The molecule has 0 aliphatic carbocycles. The van der Waals surface area contributed by atoms with E-state index in [0.29, 0.717) is 6.61 Å². The molecule has 1 unspecified atom stereocenters. The quantitative estimate of drug-likeness (QED) is 0.360. The summed E-state index contributed by atoms with van der Waals surface area (Å²) in [7, 11) is 0.867. The van der Waals surface area contributed by atoms with Gasteiger partial charge in [-0.15, -0.1) is 0 Å². The van der Waals surface area contributed by atoms with Crippen molar-refractivity contribution in [1.29, 1.82) is 0 Å². The number of unbranched alkanes of at least 4 members (excludes halogenated alkanes) is 2. The van der Waals surface area contributed by atoms with Gasteiger partial charge in [0.2, 0.25) is 0 Å². The first-order chi connectivity index (χ1) is 6.26. The maximum atomic E-state index is 11.3. The van der Waals surface area contributed by atoms with Gasteiger partial charge in [0.05, 0.1) is 12.3 Å². The Balaban J connectivity index is 3.54. The van der Waals surface area contributed by atoms with Crippen LogP contribution in [0.5, 0.6) is 0 Å². The number of hydrogen-bond acceptors (Lipinski definition) is 2. The van der Waals surface area contributed by atoms with Crippen LogP contribution < -0.4 is 0 Å². The van der Waals surface area contributed by atoms with E-state index in [1.165, 1.54) is 0 Å². The van der Waals surface area contributed by atoms with Crippen LogP contribution >= 0.6 is 8.20 Å². The van der Waals surface area contributed by atoms with E-state index in [1.54, 1.807) is 0 Å². The molecule has 13 heavy (non-hydrogen) atoms. The summed E-state index contributed by atoms with van der Waals surface area (Å²) in [4.78, 5) is 11.3. The van der Waals surface area contributed by atoms with Gasteiger partial charge in [-0.25, -0.2) is 0 Å². The number of carbonyl (C=O) groups excluding carboxylic acids is 1. The Morgan fingerprint density at radius 1 is 1.46 bits per heavy atom. The molecule has 3 heteroatoms. The van der Waals surface area contributed by atoms with Gasteiger partial charge in [-0.3, -0.25) is 4.79 Å². The van der Waals surface area contributed by atoms with Gasteiger partial charge in [0.25, 0.3) is 0 Å². The van der Waals surface area contributed by atoms with Gasteiger partial charge in [-0.2, -0.15) is 0 Å². The molecular formula is C10H19O2P. The van der Waals surface area contributed by atoms with E-state index in [-0.39, 0.29) is 11.6 Å². The summed E-state index contributed by atoms with van der Waals surface area (Å²) in [5.74, 6) is -0.0877. The molecule has 0 saturated heterocycles. The molecule has 0 aliphatic heterocycles. The highest BCUT2D eigenvalue weighted by Gasteiger charge is 2.13. The second-order valence-corrected chi connectivity index (χ2v) is 3.97. The second-order valence-electron chi connectivity index (χ2n) is 2.98. The van der Waals surface area contributed by atoms with Gasteiger partial charge in [0, 0.05) is 0 Å². The summed E-state index contributed by atoms with van der Waals surface area (Å²) < 4.78 is 5.10. The molecule has 2 nitrogen and oxygen atoms in total. The van der Waals surface area contributed by atoms with Crippen LogP contribution in [0.2, 0.25) is 0 Å². The number of hydrogen-bond donors (Lipinski definition) is 0. The maximum absolute atomic E-state index is 11.3. The van der Waals surface area contributed by atoms with Crippen molar-refractivity contribution < 1.29 is 9.53 Å². The third kappa shape index (κ3) is 5.81. The number of ether oxygens (including phenoxy) is 1. The minimum absolute atomic E-state index is 0.0263. The molecule has 0 N–H and O–H groups in total. The molecule has 0 spiro atoms. The predicted octanol–water partition coefficient (Wildman–Crippen LogP) is 2.88. The lowest BCUT2D eigenvalue weighted by Gasteiger charge is -2.08. The van der Waals surface area contributed by atoms with Crippen LogP contribution in [-0.2, 0) is 9.53 Å². The molecular weight excluding hydrogens is 183 g/mol. The van der Waals surface area contributed by atoms with E-state index in [4.69, 9.17) is 4.74 Å². The lowest BCUT2D eigenvalue weighted by Crippen LogP contribution is -2.17. The zero-order valence-electron chi connectivity index (χ0n) is 8.58. The van der Waals surface area contributed by atoms with Crippen LogP contribution in [0.4, 0.5) is 0 Å². The largest absolute Gasteiger partial charge is 0.465 e. The van der Waals surface area contributed by atoms with Gasteiger partial charge in [0.15, 0.2) is 0 Å². The molecule has 0 bridgehead atoms. The van der Waals surface area contributed by atoms with Crippen LogP contribution in [0, 0.1) is 0 Å². The average molecular weight is 202 g/mol. The highest BCUT2D eigenvalue weighted by Crippen LogP contribution is 2.12. The summed E-state index contributed by atoms with van der Waals surface area (Å²) in [5.41, 5.74) is -0.0263. The molecule has 0 radical (unpaired) electrons. The number of rotatable bonds is 7.